The van der Waals surface area contributed by atoms with Crippen molar-refractivity contribution in [2.75, 3.05) is 6.54 Å². The monoisotopic (exact) mass is 516 g/mol. The molecular formula is C23H25ClN6O4S. The molecule has 0 radical (unpaired) electrons. The van der Waals surface area contributed by atoms with E-state index in [9.17, 15) is 18.0 Å². The Kier molecular flexibility index (Phi) is 6.00. The summed E-state index contributed by atoms with van der Waals surface area (Å²) in [5.41, 5.74) is 1.23. The second-order valence-corrected chi connectivity index (χ2v) is 11.3. The molecule has 1 aliphatic carbocycles. The minimum Gasteiger partial charge on any atom is -0.350 e. The van der Waals surface area contributed by atoms with Crippen LogP contribution in [-0.2, 0) is 26.2 Å². The summed E-state index contributed by atoms with van der Waals surface area (Å²) in [6, 6.07) is 6.17. The molecule has 2 amide bonds. The average Bonchev–Trinajstić information content (AvgIpc) is 3.61. The van der Waals surface area contributed by atoms with E-state index in [1.54, 1.807) is 17.0 Å². The molecule has 1 unspecified atom stereocenters. The maximum absolute atomic E-state index is 13.3. The van der Waals surface area contributed by atoms with Gasteiger partial charge in [0.05, 0.1) is 40.2 Å². The standard InChI is InChI=1S/C23H25ClN6O4S/c1-14-2-5-16(6-3-14)35(33,34)29-28-19-18-7-4-15(13-30(18)22(32)23(19)8-9-23)21(31)27-12-17-20(24)26-11-10-25-17/h2-3,5-6,10-11,15,18,29H,4,7-9,12-13H2,1H3,(H,27,31)/t15?,18-/m0/s1. The summed E-state index contributed by atoms with van der Waals surface area (Å²) in [6.45, 7) is 2.28. The maximum Gasteiger partial charge on any atom is 0.276 e. The molecule has 10 nitrogen and oxygen atoms in total. The first-order valence-corrected chi connectivity index (χ1v) is 13.3. The molecule has 5 rings (SSSR count). The van der Waals surface area contributed by atoms with Crippen LogP contribution in [0.5, 0.6) is 0 Å². The number of sulfonamides is 1. The Labute approximate surface area is 208 Å². The zero-order chi connectivity index (χ0) is 24.8. The molecule has 3 aliphatic rings. The van der Waals surface area contributed by atoms with Crippen LogP contribution in [0.25, 0.3) is 0 Å². The van der Waals surface area contributed by atoms with Gasteiger partial charge >= 0.3 is 0 Å². The first-order valence-electron chi connectivity index (χ1n) is 11.4. The van der Waals surface area contributed by atoms with E-state index in [1.807, 2.05) is 6.92 Å². The highest BCUT2D eigenvalue weighted by molar-refractivity contribution is 7.89. The molecule has 2 aliphatic heterocycles. The van der Waals surface area contributed by atoms with Gasteiger partial charge in [-0.05, 0) is 44.7 Å². The van der Waals surface area contributed by atoms with Crippen LogP contribution >= 0.6 is 11.6 Å². The molecule has 12 heteroatoms. The number of carbonyl (C=O) groups is 2. The van der Waals surface area contributed by atoms with Crippen LogP contribution in [0.3, 0.4) is 0 Å². The first kappa shape index (κ1) is 23.7. The van der Waals surface area contributed by atoms with E-state index >= 15 is 0 Å². The van der Waals surface area contributed by atoms with Crippen LogP contribution in [0.2, 0.25) is 5.15 Å². The van der Waals surface area contributed by atoms with Crippen molar-refractivity contribution >= 4 is 39.2 Å². The Bertz CT molecular complexity index is 1310. The number of benzene rings is 1. The molecule has 1 spiro atoms. The third-order valence-corrected chi connectivity index (χ3v) is 8.49. The van der Waals surface area contributed by atoms with Gasteiger partial charge in [-0.2, -0.15) is 13.5 Å². The fourth-order valence-corrected chi connectivity index (χ4v) is 5.83. The van der Waals surface area contributed by atoms with Crippen LogP contribution < -0.4 is 10.1 Å². The molecule has 2 atom stereocenters. The van der Waals surface area contributed by atoms with Gasteiger partial charge < -0.3 is 10.2 Å². The SMILES string of the molecule is Cc1ccc(S(=O)(=O)NN=C2[C@@H]3CCC(C(=O)NCc4nccnc4Cl)CN3C(=O)C23CC3)cc1. The van der Waals surface area contributed by atoms with Crippen molar-refractivity contribution in [1.82, 2.24) is 25.0 Å². The van der Waals surface area contributed by atoms with Crippen molar-refractivity contribution in [3.63, 3.8) is 0 Å². The van der Waals surface area contributed by atoms with E-state index in [2.05, 4.69) is 25.2 Å². The molecule has 1 aromatic heterocycles. The molecule has 2 N–H and O–H groups in total. The minimum atomic E-state index is -3.86. The molecule has 3 heterocycles. The molecular weight excluding hydrogens is 492 g/mol. The van der Waals surface area contributed by atoms with Crippen molar-refractivity contribution in [3.8, 4) is 0 Å². The van der Waals surface area contributed by atoms with Gasteiger partial charge in [0.1, 0.15) is 0 Å². The summed E-state index contributed by atoms with van der Waals surface area (Å²) < 4.78 is 25.5. The van der Waals surface area contributed by atoms with Gasteiger partial charge in [-0.1, -0.05) is 29.3 Å². The normalized spacial score (nSPS) is 23.9. The Balaban J connectivity index is 1.28. The number of fused-ring (bicyclic) bond motifs is 1. The molecule has 1 saturated carbocycles. The second-order valence-electron chi connectivity index (χ2n) is 9.25. The number of aromatic nitrogens is 2. The quantitative estimate of drug-likeness (QED) is 0.562. The summed E-state index contributed by atoms with van der Waals surface area (Å²) in [7, 11) is -3.86. The van der Waals surface area contributed by atoms with Gasteiger partial charge in [-0.25, -0.2) is 9.82 Å². The Hall–Kier alpha value is -3.05. The predicted molar refractivity (Wildman–Crippen MR) is 128 cm³/mol. The summed E-state index contributed by atoms with van der Waals surface area (Å²) in [5, 5.41) is 7.35. The molecule has 184 valence electrons. The number of halogens is 1. The molecule has 1 aromatic carbocycles. The molecule has 2 saturated heterocycles. The van der Waals surface area contributed by atoms with Gasteiger partial charge in [0.15, 0.2) is 5.15 Å². The van der Waals surface area contributed by atoms with Crippen molar-refractivity contribution in [2.24, 2.45) is 16.4 Å². The van der Waals surface area contributed by atoms with Gasteiger partial charge in [0.25, 0.3) is 10.0 Å². The lowest BCUT2D eigenvalue weighted by Crippen LogP contribution is -2.48. The summed E-state index contributed by atoms with van der Waals surface area (Å²) >= 11 is 6.01. The van der Waals surface area contributed by atoms with Crippen LogP contribution in [0, 0.1) is 18.3 Å². The van der Waals surface area contributed by atoms with E-state index in [1.165, 1.54) is 24.5 Å². The largest absolute Gasteiger partial charge is 0.350 e. The summed E-state index contributed by atoms with van der Waals surface area (Å²) in [5.74, 6) is -0.649. The van der Waals surface area contributed by atoms with Crippen molar-refractivity contribution < 1.29 is 18.0 Å². The van der Waals surface area contributed by atoms with E-state index in [0.29, 0.717) is 37.1 Å². The number of hydrogen-bond donors (Lipinski definition) is 2. The second kappa shape index (κ2) is 8.87. The highest BCUT2D eigenvalue weighted by Crippen LogP contribution is 2.55. The lowest BCUT2D eigenvalue weighted by atomic mass is 9.90. The smallest absolute Gasteiger partial charge is 0.276 e. The highest BCUT2D eigenvalue weighted by atomic mass is 35.5. The molecule has 3 fully saturated rings. The number of nitrogens with zero attached hydrogens (tertiary/aromatic N) is 4. The third kappa shape index (κ3) is 4.38. The number of carbonyl (C=O) groups excluding carboxylic acids is 2. The lowest BCUT2D eigenvalue weighted by Gasteiger charge is -2.34. The Morgan fingerprint density at radius 2 is 1.91 bits per heavy atom. The highest BCUT2D eigenvalue weighted by Gasteiger charge is 2.65. The average molecular weight is 517 g/mol. The van der Waals surface area contributed by atoms with Crippen molar-refractivity contribution in [2.45, 2.75) is 50.1 Å². The van der Waals surface area contributed by atoms with E-state index < -0.39 is 15.4 Å². The third-order valence-electron chi connectivity index (χ3n) is 6.95. The molecule has 2 aromatic rings. The van der Waals surface area contributed by atoms with Gasteiger partial charge in [-0.3, -0.25) is 14.6 Å². The van der Waals surface area contributed by atoms with E-state index in [-0.39, 0.29) is 46.9 Å². The fourth-order valence-electron chi connectivity index (χ4n) is 4.84. The number of amides is 2. The van der Waals surface area contributed by atoms with E-state index in [4.69, 9.17) is 11.6 Å². The van der Waals surface area contributed by atoms with Crippen molar-refractivity contribution in [1.29, 1.82) is 0 Å². The van der Waals surface area contributed by atoms with E-state index in [0.717, 1.165) is 5.56 Å². The maximum atomic E-state index is 13.3. The summed E-state index contributed by atoms with van der Waals surface area (Å²) in [4.78, 5) is 38.3. The van der Waals surface area contributed by atoms with Crippen molar-refractivity contribution in [3.05, 3.63) is 53.1 Å². The Morgan fingerprint density at radius 1 is 1.20 bits per heavy atom. The number of rotatable bonds is 6. The molecule has 0 bridgehead atoms. The van der Waals surface area contributed by atoms with Gasteiger partial charge in [-0.15, -0.1) is 0 Å². The van der Waals surface area contributed by atoms with Crippen LogP contribution in [0.15, 0.2) is 46.7 Å². The lowest BCUT2D eigenvalue weighted by molar-refractivity contribution is -0.137. The number of hydrogen-bond acceptors (Lipinski definition) is 7. The zero-order valence-electron chi connectivity index (χ0n) is 19.1. The van der Waals surface area contributed by atoms with Gasteiger partial charge in [0, 0.05) is 18.9 Å². The fraction of sp³-hybridized carbons (Fsp3) is 0.435. The van der Waals surface area contributed by atoms with Gasteiger partial charge in [0.2, 0.25) is 11.8 Å². The molecule has 35 heavy (non-hydrogen) atoms. The zero-order valence-corrected chi connectivity index (χ0v) is 20.6. The topological polar surface area (TPSA) is 134 Å². The number of piperidine rings is 1. The van der Waals surface area contributed by atoms with Crippen LogP contribution in [0.1, 0.15) is 36.9 Å². The number of aryl methyl sites for hydroxylation is 1. The number of nitrogens with one attached hydrogen (secondary N) is 2. The van der Waals surface area contributed by atoms with Crippen LogP contribution in [-0.4, -0.2) is 53.4 Å². The minimum absolute atomic E-state index is 0.0785. The number of hydrazone groups is 1. The predicted octanol–water partition coefficient (Wildman–Crippen LogP) is 1.79. The summed E-state index contributed by atoms with van der Waals surface area (Å²) in [6.07, 6.45) is 5.32. The Morgan fingerprint density at radius 3 is 2.60 bits per heavy atom. The van der Waals surface area contributed by atoms with Crippen LogP contribution in [0.4, 0.5) is 0 Å². The first-order chi connectivity index (χ1) is 16.7.